The van der Waals surface area contributed by atoms with Crippen LogP contribution in [0.25, 0.3) is 0 Å². The van der Waals surface area contributed by atoms with E-state index in [9.17, 15) is 24.5 Å². The average Bonchev–Trinajstić information content (AvgIpc) is 2.81. The highest BCUT2D eigenvalue weighted by Gasteiger charge is 2.23. The Kier molecular flexibility index (Phi) is 7.15. The number of ether oxygens (including phenoxy) is 1. The van der Waals surface area contributed by atoms with Gasteiger partial charge in [0.15, 0.2) is 6.61 Å². The number of esters is 1. The summed E-state index contributed by atoms with van der Waals surface area (Å²) in [6, 6.07) is 12.4. The zero-order valence-corrected chi connectivity index (χ0v) is 16.7. The molecule has 162 valence electrons. The standard InChI is InChI=1S/C21H22N4O6/c26-19(22-23-20(27)15-7-3-1-4-8-15)14-31-21(28)16-9-10-17(18(13-16)25(29)30)24-11-5-2-6-12-24/h1,3-4,7-10,13H,2,5-6,11-12,14H2,(H,22,26)(H,23,27). The third kappa shape index (κ3) is 5.78. The molecule has 0 unspecified atom stereocenters. The van der Waals surface area contributed by atoms with Gasteiger partial charge in [0.25, 0.3) is 17.5 Å². The molecule has 0 bridgehead atoms. The van der Waals surface area contributed by atoms with E-state index >= 15 is 0 Å². The van der Waals surface area contributed by atoms with Crippen molar-refractivity contribution in [3.63, 3.8) is 0 Å². The van der Waals surface area contributed by atoms with Crippen molar-refractivity contribution in [2.24, 2.45) is 0 Å². The van der Waals surface area contributed by atoms with Gasteiger partial charge in [0.1, 0.15) is 5.69 Å². The van der Waals surface area contributed by atoms with Crippen LogP contribution in [0.3, 0.4) is 0 Å². The molecule has 0 aromatic heterocycles. The van der Waals surface area contributed by atoms with Crippen LogP contribution in [0.1, 0.15) is 40.0 Å². The number of hydrazine groups is 1. The number of nitrogens with zero attached hydrogens (tertiary/aromatic N) is 2. The maximum Gasteiger partial charge on any atom is 0.338 e. The molecule has 0 atom stereocenters. The van der Waals surface area contributed by atoms with Crippen LogP contribution in [0.2, 0.25) is 0 Å². The molecular weight excluding hydrogens is 404 g/mol. The van der Waals surface area contributed by atoms with Gasteiger partial charge in [0, 0.05) is 24.7 Å². The molecule has 1 aliphatic heterocycles. The largest absolute Gasteiger partial charge is 0.452 e. The van der Waals surface area contributed by atoms with Gasteiger partial charge in [-0.1, -0.05) is 18.2 Å². The van der Waals surface area contributed by atoms with Gasteiger partial charge >= 0.3 is 5.97 Å². The number of hydrogen-bond acceptors (Lipinski definition) is 7. The number of nitro groups is 1. The maximum absolute atomic E-state index is 12.2. The van der Waals surface area contributed by atoms with Crippen LogP contribution in [0.5, 0.6) is 0 Å². The number of piperidine rings is 1. The summed E-state index contributed by atoms with van der Waals surface area (Å²) in [5.74, 6) is -2.15. The van der Waals surface area contributed by atoms with Crippen LogP contribution in [0.15, 0.2) is 48.5 Å². The molecule has 10 nitrogen and oxygen atoms in total. The first kappa shape index (κ1) is 21.8. The summed E-state index contributed by atoms with van der Waals surface area (Å²) in [6.45, 7) is 0.786. The lowest BCUT2D eigenvalue weighted by molar-refractivity contribution is -0.384. The molecule has 10 heteroatoms. The molecule has 0 spiro atoms. The Morgan fingerprint density at radius 1 is 0.968 bits per heavy atom. The number of carbonyl (C=O) groups excluding carboxylic acids is 3. The summed E-state index contributed by atoms with van der Waals surface area (Å²) < 4.78 is 4.91. The highest BCUT2D eigenvalue weighted by atomic mass is 16.6. The lowest BCUT2D eigenvalue weighted by Crippen LogP contribution is -2.43. The number of nitro benzene ring substituents is 1. The predicted molar refractivity (Wildman–Crippen MR) is 111 cm³/mol. The van der Waals surface area contributed by atoms with Crippen LogP contribution in [-0.4, -0.2) is 42.4 Å². The molecule has 1 saturated heterocycles. The van der Waals surface area contributed by atoms with Gasteiger partial charge < -0.3 is 9.64 Å². The fourth-order valence-corrected chi connectivity index (χ4v) is 3.24. The van der Waals surface area contributed by atoms with Crippen molar-refractivity contribution in [2.45, 2.75) is 19.3 Å². The molecule has 1 aliphatic rings. The third-order valence-electron chi connectivity index (χ3n) is 4.79. The number of benzene rings is 2. The van der Waals surface area contributed by atoms with Gasteiger partial charge in [-0.15, -0.1) is 0 Å². The highest BCUT2D eigenvalue weighted by Crippen LogP contribution is 2.31. The Morgan fingerprint density at radius 3 is 2.35 bits per heavy atom. The minimum atomic E-state index is -0.877. The van der Waals surface area contributed by atoms with Crippen molar-refractivity contribution < 1.29 is 24.0 Å². The number of amides is 2. The second-order valence-electron chi connectivity index (χ2n) is 6.95. The van der Waals surface area contributed by atoms with E-state index in [1.165, 1.54) is 12.1 Å². The van der Waals surface area contributed by atoms with Gasteiger partial charge in [-0.05, 0) is 43.5 Å². The van der Waals surface area contributed by atoms with Gasteiger partial charge in [-0.25, -0.2) is 4.79 Å². The maximum atomic E-state index is 12.2. The molecule has 2 amide bonds. The monoisotopic (exact) mass is 426 g/mol. The van der Waals surface area contributed by atoms with Gasteiger partial charge in [-0.3, -0.25) is 30.6 Å². The van der Waals surface area contributed by atoms with E-state index < -0.39 is 29.3 Å². The van der Waals surface area contributed by atoms with Crippen LogP contribution in [-0.2, 0) is 9.53 Å². The van der Waals surface area contributed by atoms with Crippen LogP contribution in [0, 0.1) is 10.1 Å². The minimum absolute atomic E-state index is 0.0337. The Morgan fingerprint density at radius 2 is 1.68 bits per heavy atom. The summed E-state index contributed by atoms with van der Waals surface area (Å²) in [5.41, 5.74) is 4.94. The van der Waals surface area contributed by atoms with Crippen molar-refractivity contribution in [1.29, 1.82) is 0 Å². The molecule has 0 radical (unpaired) electrons. The van der Waals surface area contributed by atoms with Crippen molar-refractivity contribution in [2.75, 3.05) is 24.6 Å². The Hall–Kier alpha value is -3.95. The zero-order chi connectivity index (χ0) is 22.2. The van der Waals surface area contributed by atoms with E-state index in [0.29, 0.717) is 11.3 Å². The van der Waals surface area contributed by atoms with Gasteiger partial charge in [-0.2, -0.15) is 0 Å². The second kappa shape index (κ2) is 10.2. The summed E-state index contributed by atoms with van der Waals surface area (Å²) in [4.78, 5) is 48.8. The normalized spacial score (nSPS) is 13.2. The second-order valence-corrected chi connectivity index (χ2v) is 6.95. The molecule has 2 N–H and O–H groups in total. The zero-order valence-electron chi connectivity index (χ0n) is 16.7. The molecule has 1 heterocycles. The molecular formula is C21H22N4O6. The molecule has 2 aromatic rings. The van der Waals surface area contributed by atoms with Crippen LogP contribution in [0.4, 0.5) is 11.4 Å². The summed E-state index contributed by atoms with van der Waals surface area (Å²) in [6.07, 6.45) is 3.00. The van der Waals surface area contributed by atoms with Crippen molar-refractivity contribution in [3.05, 3.63) is 69.8 Å². The van der Waals surface area contributed by atoms with Crippen molar-refractivity contribution in [1.82, 2.24) is 10.9 Å². The minimum Gasteiger partial charge on any atom is -0.452 e. The quantitative estimate of drug-likeness (QED) is 0.411. The lowest BCUT2D eigenvalue weighted by Gasteiger charge is -2.28. The smallest absolute Gasteiger partial charge is 0.338 e. The first-order chi connectivity index (χ1) is 15.0. The molecule has 0 saturated carbocycles. The van der Waals surface area contributed by atoms with Gasteiger partial charge in [0.05, 0.1) is 10.5 Å². The van der Waals surface area contributed by atoms with E-state index in [1.807, 2.05) is 4.90 Å². The van der Waals surface area contributed by atoms with Gasteiger partial charge in [0.2, 0.25) is 0 Å². The lowest BCUT2D eigenvalue weighted by atomic mass is 10.1. The molecule has 2 aromatic carbocycles. The fraction of sp³-hybridized carbons (Fsp3) is 0.286. The first-order valence-corrected chi connectivity index (χ1v) is 9.80. The van der Waals surface area contributed by atoms with E-state index in [4.69, 9.17) is 4.74 Å². The third-order valence-corrected chi connectivity index (χ3v) is 4.79. The number of anilines is 1. The Balaban J connectivity index is 1.56. The first-order valence-electron chi connectivity index (χ1n) is 9.80. The van der Waals surface area contributed by atoms with Crippen molar-refractivity contribution >= 4 is 29.2 Å². The fourth-order valence-electron chi connectivity index (χ4n) is 3.24. The predicted octanol–water partition coefficient (Wildman–Crippen LogP) is 2.20. The van der Waals surface area contributed by atoms with Crippen LogP contribution < -0.4 is 15.8 Å². The Bertz CT molecular complexity index is 973. The topological polar surface area (TPSA) is 131 Å². The molecule has 0 aliphatic carbocycles. The summed E-state index contributed by atoms with van der Waals surface area (Å²) >= 11 is 0. The van der Waals surface area contributed by atoms with E-state index in [-0.39, 0.29) is 11.3 Å². The molecule has 3 rings (SSSR count). The number of rotatable bonds is 6. The van der Waals surface area contributed by atoms with Crippen LogP contribution >= 0.6 is 0 Å². The molecule has 1 fully saturated rings. The van der Waals surface area contributed by atoms with Crippen molar-refractivity contribution in [3.8, 4) is 0 Å². The average molecular weight is 426 g/mol. The van der Waals surface area contributed by atoms with E-state index in [1.54, 1.807) is 30.3 Å². The number of nitrogens with one attached hydrogen (secondary N) is 2. The SMILES string of the molecule is O=C(COC(=O)c1ccc(N2CCCCC2)c([N+](=O)[O-])c1)NNC(=O)c1ccccc1. The summed E-state index contributed by atoms with van der Waals surface area (Å²) in [7, 11) is 0. The van der Waals surface area contributed by atoms with E-state index in [0.717, 1.165) is 38.4 Å². The van der Waals surface area contributed by atoms with E-state index in [2.05, 4.69) is 10.9 Å². The highest BCUT2D eigenvalue weighted by molar-refractivity contribution is 5.96. The Labute approximate surface area is 178 Å². The summed E-state index contributed by atoms with van der Waals surface area (Å²) in [5, 5.41) is 11.5. The molecule has 31 heavy (non-hydrogen) atoms. The number of hydrogen-bond donors (Lipinski definition) is 2. The number of carbonyl (C=O) groups is 3.